The van der Waals surface area contributed by atoms with Gasteiger partial charge in [0.2, 0.25) is 0 Å². The van der Waals surface area contributed by atoms with Crippen molar-refractivity contribution in [2.45, 2.75) is 150 Å². The lowest BCUT2D eigenvalue weighted by molar-refractivity contribution is -0.176. The van der Waals surface area contributed by atoms with E-state index in [9.17, 15) is 9.59 Å². The summed E-state index contributed by atoms with van der Waals surface area (Å²) in [7, 11) is 4.28. The van der Waals surface area contributed by atoms with Gasteiger partial charge in [-0.2, -0.15) is 0 Å². The molecule has 0 bridgehead atoms. The zero-order valence-electron chi connectivity index (χ0n) is 25.2. The van der Waals surface area contributed by atoms with E-state index in [0.717, 1.165) is 25.7 Å². The molecule has 6 nitrogen and oxygen atoms in total. The van der Waals surface area contributed by atoms with Crippen molar-refractivity contribution in [3.05, 3.63) is 0 Å². The molecule has 0 radical (unpaired) electrons. The van der Waals surface area contributed by atoms with Gasteiger partial charge in [-0.15, -0.1) is 0 Å². The smallest absolute Gasteiger partial charge is 0.311 e. The summed E-state index contributed by atoms with van der Waals surface area (Å²) >= 11 is 0. The molecule has 2 rings (SSSR count). The molecule has 0 aliphatic carbocycles. The van der Waals surface area contributed by atoms with Gasteiger partial charge in [0.1, 0.15) is 12.2 Å². The van der Waals surface area contributed by atoms with E-state index >= 15 is 0 Å². The minimum Gasteiger partial charge on any atom is -0.462 e. The van der Waals surface area contributed by atoms with Crippen LogP contribution in [0.5, 0.6) is 0 Å². The maximum absolute atomic E-state index is 13.3. The van der Waals surface area contributed by atoms with Crippen LogP contribution >= 0.6 is 0 Å². The number of likely N-dealkylation sites (tertiary alicyclic amines) is 2. The Hall–Kier alpha value is -1.14. The van der Waals surface area contributed by atoms with E-state index in [2.05, 4.69) is 79.3 Å². The third-order valence-electron chi connectivity index (χ3n) is 9.08. The Labute approximate surface area is 215 Å². The number of rotatable bonds is 6. The second kappa shape index (κ2) is 9.31. The molecule has 0 aromatic carbocycles. The molecule has 0 aromatic heterocycles. The van der Waals surface area contributed by atoms with Crippen molar-refractivity contribution >= 4 is 11.9 Å². The monoisotopic (exact) mass is 494 g/mol. The summed E-state index contributed by atoms with van der Waals surface area (Å²) in [5, 5.41) is 0. The molecule has 0 amide bonds. The third kappa shape index (κ3) is 6.60. The normalized spacial score (nSPS) is 25.8. The first kappa shape index (κ1) is 30.1. The number of piperidine rings is 2. The Bertz CT molecular complexity index is 707. The number of carbonyl (C=O) groups is 2. The zero-order valence-corrected chi connectivity index (χ0v) is 25.2. The van der Waals surface area contributed by atoms with Crippen molar-refractivity contribution < 1.29 is 19.1 Å². The highest BCUT2D eigenvalue weighted by atomic mass is 16.6. The summed E-state index contributed by atoms with van der Waals surface area (Å²) in [6, 6.07) is 0. The van der Waals surface area contributed by atoms with Crippen LogP contribution in [0.15, 0.2) is 0 Å². The van der Waals surface area contributed by atoms with Crippen molar-refractivity contribution in [3.63, 3.8) is 0 Å². The summed E-state index contributed by atoms with van der Waals surface area (Å²) in [6.45, 7) is 25.1. The SMILES string of the molecule is CN1C(C)(C)CC(OC(=O)C(C)(C)CC(C)(C)C(=O)OC2CC(C)(C)N(C)C(C)(C)C2)CC1(C)C. The molecule has 0 spiro atoms. The average molecular weight is 495 g/mol. The highest BCUT2D eigenvalue weighted by Gasteiger charge is 2.48. The largest absolute Gasteiger partial charge is 0.462 e. The molecule has 2 heterocycles. The summed E-state index contributed by atoms with van der Waals surface area (Å²) < 4.78 is 12.2. The molecule has 6 heteroatoms. The van der Waals surface area contributed by atoms with Crippen LogP contribution in [0.3, 0.4) is 0 Å². The third-order valence-corrected chi connectivity index (χ3v) is 9.08. The lowest BCUT2D eigenvalue weighted by Crippen LogP contribution is -2.60. The highest BCUT2D eigenvalue weighted by molar-refractivity contribution is 5.80. The molecule has 2 saturated heterocycles. The van der Waals surface area contributed by atoms with Crippen LogP contribution in [0, 0.1) is 10.8 Å². The van der Waals surface area contributed by atoms with Gasteiger partial charge in [-0.25, -0.2) is 0 Å². The number of hydrogen-bond donors (Lipinski definition) is 0. The van der Waals surface area contributed by atoms with Gasteiger partial charge >= 0.3 is 11.9 Å². The first-order valence-corrected chi connectivity index (χ1v) is 13.3. The Morgan fingerprint density at radius 1 is 0.629 bits per heavy atom. The molecule has 0 N–H and O–H groups in total. The van der Waals surface area contributed by atoms with Gasteiger partial charge < -0.3 is 9.47 Å². The number of nitrogens with zero attached hydrogens (tertiary/aromatic N) is 2. The van der Waals surface area contributed by atoms with E-state index in [1.54, 1.807) is 0 Å². The molecule has 0 unspecified atom stereocenters. The van der Waals surface area contributed by atoms with Crippen LogP contribution in [-0.2, 0) is 19.1 Å². The number of ether oxygens (including phenoxy) is 2. The highest BCUT2D eigenvalue weighted by Crippen LogP contribution is 2.42. The minimum absolute atomic E-state index is 0.0600. The van der Waals surface area contributed by atoms with E-state index in [1.165, 1.54) is 0 Å². The first-order valence-electron chi connectivity index (χ1n) is 13.3. The molecule has 2 fully saturated rings. The van der Waals surface area contributed by atoms with Crippen LogP contribution in [0.1, 0.15) is 115 Å². The predicted octanol–water partition coefficient (Wildman–Crippen LogP) is 5.82. The summed E-state index contributed by atoms with van der Waals surface area (Å²) in [5.41, 5.74) is -1.84. The molecule has 0 aromatic rings. The molecule has 204 valence electrons. The topological polar surface area (TPSA) is 59.1 Å². The van der Waals surface area contributed by atoms with Crippen LogP contribution in [-0.4, -0.2) is 70.2 Å². The molecular formula is C29H54N2O4. The summed E-state index contributed by atoms with van der Waals surface area (Å²) in [4.78, 5) is 31.4. The van der Waals surface area contributed by atoms with E-state index < -0.39 is 10.8 Å². The second-order valence-corrected chi connectivity index (χ2v) is 15.2. The fraction of sp³-hybridized carbons (Fsp3) is 0.931. The maximum atomic E-state index is 13.3. The van der Waals surface area contributed by atoms with E-state index in [1.807, 2.05) is 27.7 Å². The van der Waals surface area contributed by atoms with Crippen molar-refractivity contribution in [2.75, 3.05) is 14.1 Å². The Morgan fingerprint density at radius 2 is 0.857 bits per heavy atom. The average Bonchev–Trinajstić information content (AvgIpc) is 2.62. The van der Waals surface area contributed by atoms with Crippen LogP contribution in [0.2, 0.25) is 0 Å². The van der Waals surface area contributed by atoms with Crippen LogP contribution in [0.25, 0.3) is 0 Å². The summed E-state index contributed by atoms with van der Waals surface area (Å²) in [5.74, 6) is -0.470. The Morgan fingerprint density at radius 3 is 1.09 bits per heavy atom. The van der Waals surface area contributed by atoms with E-state index in [4.69, 9.17) is 9.47 Å². The molecule has 0 atom stereocenters. The van der Waals surface area contributed by atoms with Crippen LogP contribution < -0.4 is 0 Å². The minimum atomic E-state index is -0.800. The molecule has 0 saturated carbocycles. The van der Waals surface area contributed by atoms with Crippen molar-refractivity contribution in [1.82, 2.24) is 9.80 Å². The standard InChI is InChI=1S/C29H54N2O4/c1-24(2,22(32)34-20-15-26(5,6)30(13)27(7,8)16-20)19-25(3,4)23(33)35-21-17-28(9,10)31(14)29(11,12)18-21/h20-21H,15-19H2,1-14H3. The van der Waals surface area contributed by atoms with Crippen molar-refractivity contribution in [2.24, 2.45) is 10.8 Å². The van der Waals surface area contributed by atoms with Gasteiger partial charge in [0.05, 0.1) is 10.8 Å². The molecular weight excluding hydrogens is 440 g/mol. The first-order chi connectivity index (χ1) is 15.4. The Balaban J connectivity index is 2.06. The number of carbonyl (C=O) groups excluding carboxylic acids is 2. The maximum Gasteiger partial charge on any atom is 0.311 e. The van der Waals surface area contributed by atoms with Crippen molar-refractivity contribution in [3.8, 4) is 0 Å². The van der Waals surface area contributed by atoms with Gasteiger partial charge in [-0.3, -0.25) is 19.4 Å². The lowest BCUT2D eigenvalue weighted by Gasteiger charge is -2.53. The fourth-order valence-corrected chi connectivity index (χ4v) is 6.60. The number of esters is 2. The lowest BCUT2D eigenvalue weighted by atomic mass is 9.74. The second-order valence-electron chi connectivity index (χ2n) is 15.2. The molecule has 2 aliphatic rings. The van der Waals surface area contributed by atoms with Gasteiger partial charge in [0.15, 0.2) is 0 Å². The van der Waals surface area contributed by atoms with Gasteiger partial charge in [0.25, 0.3) is 0 Å². The van der Waals surface area contributed by atoms with Crippen LogP contribution in [0.4, 0.5) is 0 Å². The van der Waals surface area contributed by atoms with Gasteiger partial charge in [0, 0.05) is 47.8 Å². The quantitative estimate of drug-likeness (QED) is 0.434. The van der Waals surface area contributed by atoms with Gasteiger partial charge in [-0.05, 0) is 104 Å². The van der Waals surface area contributed by atoms with Gasteiger partial charge in [-0.1, -0.05) is 0 Å². The zero-order chi connectivity index (χ0) is 27.4. The van der Waals surface area contributed by atoms with E-state index in [0.29, 0.717) is 6.42 Å². The predicted molar refractivity (Wildman–Crippen MR) is 142 cm³/mol. The number of hydrogen-bond acceptors (Lipinski definition) is 6. The molecule has 35 heavy (non-hydrogen) atoms. The molecule has 2 aliphatic heterocycles. The Kier molecular flexibility index (Phi) is 8.00. The van der Waals surface area contributed by atoms with Crippen molar-refractivity contribution in [1.29, 1.82) is 0 Å². The van der Waals surface area contributed by atoms with E-state index in [-0.39, 0.29) is 46.3 Å². The fourth-order valence-electron chi connectivity index (χ4n) is 6.60. The summed E-state index contributed by atoms with van der Waals surface area (Å²) in [6.07, 6.45) is 3.27.